The summed E-state index contributed by atoms with van der Waals surface area (Å²) in [6.07, 6.45) is 1.01. The first-order valence-corrected chi connectivity index (χ1v) is 10.0. The number of rotatable bonds is 8. The molecule has 1 aromatic rings. The minimum atomic E-state index is -1.72. The van der Waals surface area contributed by atoms with Crippen molar-refractivity contribution in [2.75, 3.05) is 13.1 Å². The summed E-state index contributed by atoms with van der Waals surface area (Å²) < 4.78 is -1.72. The second kappa shape index (κ2) is 9.78. The van der Waals surface area contributed by atoms with Crippen molar-refractivity contribution in [2.24, 2.45) is 0 Å². The van der Waals surface area contributed by atoms with Gasteiger partial charge in [-0.05, 0) is 32.3 Å². The lowest BCUT2D eigenvalue weighted by Gasteiger charge is -2.30. The van der Waals surface area contributed by atoms with E-state index in [4.69, 9.17) is 0 Å². The van der Waals surface area contributed by atoms with Crippen molar-refractivity contribution in [3.05, 3.63) is 35.9 Å². The number of aliphatic carboxylic acids is 1. The van der Waals surface area contributed by atoms with Gasteiger partial charge in [0.05, 0.1) is 0 Å². The van der Waals surface area contributed by atoms with E-state index >= 15 is 0 Å². The fourth-order valence-electron chi connectivity index (χ4n) is 3.38. The molecule has 0 bridgehead atoms. The molecule has 1 unspecified atom stereocenters. The molecule has 3 amide bonds. The third kappa shape index (κ3) is 5.29. The van der Waals surface area contributed by atoms with E-state index in [0.29, 0.717) is 25.9 Å². The molecule has 8 nitrogen and oxygen atoms in total. The van der Waals surface area contributed by atoms with Crippen LogP contribution in [0.5, 0.6) is 0 Å². The minimum Gasteiger partial charge on any atom is -0.480 e. The maximum Gasteiger partial charge on any atom is 0.326 e. The second-order valence-corrected chi connectivity index (χ2v) is 7.87. The number of thiol groups is 1. The average molecular weight is 422 g/mol. The Hall–Kier alpha value is -2.55. The number of benzene rings is 1. The fourth-order valence-corrected chi connectivity index (χ4v) is 3.70. The first-order valence-electron chi connectivity index (χ1n) is 9.59. The zero-order valence-corrected chi connectivity index (χ0v) is 17.4. The van der Waals surface area contributed by atoms with Gasteiger partial charge >= 0.3 is 5.97 Å². The minimum absolute atomic E-state index is 0.0387. The number of carbonyl (C=O) groups excluding carboxylic acids is 3. The number of nitrogens with zero attached hydrogens (tertiary/aromatic N) is 1. The monoisotopic (exact) mass is 421 g/mol. The van der Waals surface area contributed by atoms with Crippen LogP contribution >= 0.6 is 12.6 Å². The van der Waals surface area contributed by atoms with Gasteiger partial charge in [0.25, 0.3) is 0 Å². The van der Waals surface area contributed by atoms with Crippen LogP contribution in [0, 0.1) is 0 Å². The highest BCUT2D eigenvalue weighted by molar-refractivity contribution is 7.83. The molecule has 3 N–H and O–H groups in total. The van der Waals surface area contributed by atoms with Crippen molar-refractivity contribution in [1.82, 2.24) is 15.5 Å². The second-order valence-electron chi connectivity index (χ2n) is 7.11. The molecule has 1 heterocycles. The Bertz CT molecular complexity index is 773. The van der Waals surface area contributed by atoms with Crippen molar-refractivity contribution in [2.45, 2.75) is 49.9 Å². The Kier molecular flexibility index (Phi) is 7.66. The van der Waals surface area contributed by atoms with Crippen LogP contribution in [0.3, 0.4) is 0 Å². The van der Waals surface area contributed by atoms with Gasteiger partial charge in [0.2, 0.25) is 17.7 Å². The van der Waals surface area contributed by atoms with Crippen LogP contribution in [0.1, 0.15) is 32.3 Å². The third-order valence-corrected chi connectivity index (χ3v) is 5.49. The van der Waals surface area contributed by atoms with E-state index in [0.717, 1.165) is 5.56 Å². The largest absolute Gasteiger partial charge is 0.480 e. The molecule has 1 fully saturated rings. The molecule has 158 valence electrons. The Morgan fingerprint density at radius 1 is 1.24 bits per heavy atom. The number of carboxylic acid groups (broad SMARTS) is 1. The van der Waals surface area contributed by atoms with Gasteiger partial charge in [0, 0.05) is 19.5 Å². The fraction of sp³-hybridized carbons (Fsp3) is 0.500. The van der Waals surface area contributed by atoms with Crippen molar-refractivity contribution in [3.8, 4) is 0 Å². The van der Waals surface area contributed by atoms with Gasteiger partial charge in [-0.2, -0.15) is 12.6 Å². The van der Waals surface area contributed by atoms with Gasteiger partial charge in [-0.25, -0.2) is 4.79 Å². The molecular weight excluding hydrogens is 394 g/mol. The SMILES string of the molecule is CCNC(=O)C(S)(Cc1ccccc1)C(=O)N[C@@H](C)C(=O)N1CCC[C@H]1C(=O)O. The van der Waals surface area contributed by atoms with Crippen LogP contribution in [-0.4, -0.2) is 63.6 Å². The number of amides is 3. The van der Waals surface area contributed by atoms with Crippen LogP contribution in [0.2, 0.25) is 0 Å². The summed E-state index contributed by atoms with van der Waals surface area (Å²) in [4.78, 5) is 50.9. The third-order valence-electron chi connectivity index (χ3n) is 4.93. The highest BCUT2D eigenvalue weighted by Crippen LogP contribution is 2.23. The zero-order chi connectivity index (χ0) is 21.6. The Morgan fingerprint density at radius 3 is 2.48 bits per heavy atom. The van der Waals surface area contributed by atoms with Crippen LogP contribution in [0.15, 0.2) is 30.3 Å². The molecule has 9 heteroatoms. The maximum atomic E-state index is 13.0. The molecule has 0 aromatic heterocycles. The summed E-state index contributed by atoms with van der Waals surface area (Å²) in [7, 11) is 0. The quantitative estimate of drug-likeness (QED) is 0.363. The number of likely N-dealkylation sites (tertiary alicyclic amines) is 1. The number of hydrogen-bond acceptors (Lipinski definition) is 5. The molecule has 1 aliphatic rings. The van der Waals surface area contributed by atoms with Gasteiger partial charge in [-0.1, -0.05) is 30.3 Å². The molecule has 0 radical (unpaired) electrons. The average Bonchev–Trinajstić information content (AvgIpc) is 3.18. The predicted octanol–water partition coefficient (Wildman–Crippen LogP) is 0.614. The normalized spacial score (nSPS) is 19.1. The van der Waals surface area contributed by atoms with E-state index in [9.17, 15) is 24.3 Å². The van der Waals surface area contributed by atoms with Gasteiger partial charge in [-0.15, -0.1) is 0 Å². The molecule has 0 aliphatic carbocycles. The molecule has 0 saturated carbocycles. The highest BCUT2D eigenvalue weighted by atomic mass is 32.1. The summed E-state index contributed by atoms with van der Waals surface area (Å²) >= 11 is 4.41. The lowest BCUT2D eigenvalue weighted by Crippen LogP contribution is -2.59. The summed E-state index contributed by atoms with van der Waals surface area (Å²) in [5.74, 6) is -2.82. The standard InChI is InChI=1S/C20H27N3O5S/c1-3-21-18(27)20(29,12-14-8-5-4-6-9-14)19(28)22-13(2)16(24)23-11-7-10-15(23)17(25)26/h4-6,8-9,13,15,29H,3,7,10-12H2,1-2H3,(H,21,27)(H,22,28)(H,25,26)/t13-,15-,20?/m0/s1. The van der Waals surface area contributed by atoms with Gasteiger partial charge in [0.1, 0.15) is 12.1 Å². The molecule has 1 aliphatic heterocycles. The van der Waals surface area contributed by atoms with Gasteiger partial charge < -0.3 is 20.6 Å². The van der Waals surface area contributed by atoms with Crippen LogP contribution in [0.25, 0.3) is 0 Å². The summed E-state index contributed by atoms with van der Waals surface area (Å²) in [5, 5.41) is 14.4. The topological polar surface area (TPSA) is 116 Å². The first-order chi connectivity index (χ1) is 13.7. The number of hydrogen-bond donors (Lipinski definition) is 4. The summed E-state index contributed by atoms with van der Waals surface area (Å²) in [5.41, 5.74) is 0.744. The van der Waals surface area contributed by atoms with E-state index in [2.05, 4.69) is 23.3 Å². The summed E-state index contributed by atoms with van der Waals surface area (Å²) in [6, 6.07) is 7.11. The van der Waals surface area contributed by atoms with Crippen molar-refractivity contribution in [3.63, 3.8) is 0 Å². The molecule has 2 rings (SSSR count). The van der Waals surface area contributed by atoms with E-state index in [1.165, 1.54) is 11.8 Å². The van der Waals surface area contributed by atoms with Crippen LogP contribution in [0.4, 0.5) is 0 Å². The van der Waals surface area contributed by atoms with Gasteiger partial charge in [0.15, 0.2) is 4.75 Å². The number of nitrogens with one attached hydrogen (secondary N) is 2. The van der Waals surface area contributed by atoms with E-state index in [-0.39, 0.29) is 6.42 Å². The number of carbonyl (C=O) groups is 4. The zero-order valence-electron chi connectivity index (χ0n) is 16.6. The molecule has 29 heavy (non-hydrogen) atoms. The molecular formula is C20H27N3O5S. The lowest BCUT2D eigenvalue weighted by atomic mass is 9.95. The lowest BCUT2D eigenvalue weighted by molar-refractivity contribution is -0.149. The smallest absolute Gasteiger partial charge is 0.326 e. The van der Waals surface area contributed by atoms with Gasteiger partial charge in [-0.3, -0.25) is 14.4 Å². The molecule has 1 saturated heterocycles. The highest BCUT2D eigenvalue weighted by Gasteiger charge is 2.44. The van der Waals surface area contributed by atoms with Crippen molar-refractivity contribution >= 4 is 36.3 Å². The van der Waals surface area contributed by atoms with E-state index in [1.54, 1.807) is 31.2 Å². The van der Waals surface area contributed by atoms with Crippen molar-refractivity contribution in [1.29, 1.82) is 0 Å². The predicted molar refractivity (Wildman–Crippen MR) is 111 cm³/mol. The van der Waals surface area contributed by atoms with Crippen LogP contribution in [-0.2, 0) is 25.6 Å². The molecule has 1 aromatic carbocycles. The van der Waals surface area contributed by atoms with Crippen molar-refractivity contribution < 1.29 is 24.3 Å². The maximum absolute atomic E-state index is 13.0. The van der Waals surface area contributed by atoms with E-state index < -0.39 is 40.5 Å². The Labute approximate surface area is 175 Å². The first kappa shape index (κ1) is 22.7. The number of carboxylic acids is 1. The Balaban J connectivity index is 2.17. The molecule has 0 spiro atoms. The van der Waals surface area contributed by atoms with E-state index in [1.807, 2.05) is 6.07 Å². The summed E-state index contributed by atoms with van der Waals surface area (Å²) in [6.45, 7) is 3.86. The molecule has 3 atom stereocenters. The Morgan fingerprint density at radius 2 is 1.90 bits per heavy atom. The van der Waals surface area contributed by atoms with Crippen LogP contribution < -0.4 is 10.6 Å².